The molecule has 1 atom stereocenters. The number of benzene rings is 1. The summed E-state index contributed by atoms with van der Waals surface area (Å²) in [5.41, 5.74) is 1.00. The fourth-order valence-electron chi connectivity index (χ4n) is 2.66. The van der Waals surface area contributed by atoms with Crippen LogP contribution in [0.1, 0.15) is 12.5 Å². The van der Waals surface area contributed by atoms with Crippen LogP contribution in [0.5, 0.6) is 5.75 Å². The quantitative estimate of drug-likeness (QED) is 0.701. The Hall–Kier alpha value is -1.63. The van der Waals surface area contributed by atoms with E-state index >= 15 is 0 Å². The lowest BCUT2D eigenvalue weighted by molar-refractivity contribution is -0.124. The van der Waals surface area contributed by atoms with Crippen molar-refractivity contribution in [2.24, 2.45) is 5.92 Å². The SMILES string of the molecule is CNCC(C)C(=O)NCc1ccccc1OCCN1CCOCC1. The van der Waals surface area contributed by atoms with E-state index in [1.165, 1.54) is 0 Å². The monoisotopic (exact) mass is 335 g/mol. The average Bonchev–Trinajstić information content (AvgIpc) is 2.61. The van der Waals surface area contributed by atoms with Crippen LogP contribution in [0.25, 0.3) is 0 Å². The lowest BCUT2D eigenvalue weighted by Gasteiger charge is -2.26. The van der Waals surface area contributed by atoms with Crippen LogP contribution in [0.4, 0.5) is 0 Å². The molecule has 6 nitrogen and oxygen atoms in total. The van der Waals surface area contributed by atoms with Gasteiger partial charge < -0.3 is 20.1 Å². The van der Waals surface area contributed by atoms with E-state index < -0.39 is 0 Å². The van der Waals surface area contributed by atoms with Gasteiger partial charge in [0.25, 0.3) is 0 Å². The Morgan fingerprint density at radius 3 is 2.83 bits per heavy atom. The lowest BCUT2D eigenvalue weighted by atomic mass is 10.1. The van der Waals surface area contributed by atoms with Crippen molar-refractivity contribution in [1.82, 2.24) is 15.5 Å². The number of morpholine rings is 1. The van der Waals surface area contributed by atoms with Crippen LogP contribution < -0.4 is 15.4 Å². The van der Waals surface area contributed by atoms with E-state index in [1.54, 1.807) is 0 Å². The minimum absolute atomic E-state index is 0.0486. The summed E-state index contributed by atoms with van der Waals surface area (Å²) in [6.45, 7) is 8.13. The molecule has 0 radical (unpaired) electrons. The van der Waals surface area contributed by atoms with Gasteiger partial charge >= 0.3 is 0 Å². The van der Waals surface area contributed by atoms with Gasteiger partial charge in [0, 0.05) is 44.2 Å². The summed E-state index contributed by atoms with van der Waals surface area (Å²) in [6.07, 6.45) is 0. The minimum Gasteiger partial charge on any atom is -0.492 e. The standard InChI is InChI=1S/C18H29N3O3/c1-15(13-19-2)18(22)20-14-16-5-3-4-6-17(16)24-12-9-21-7-10-23-11-8-21/h3-6,15,19H,7-14H2,1-2H3,(H,20,22). The molecule has 1 heterocycles. The maximum atomic E-state index is 12.0. The maximum absolute atomic E-state index is 12.0. The van der Waals surface area contributed by atoms with Gasteiger partial charge in [0.2, 0.25) is 5.91 Å². The van der Waals surface area contributed by atoms with Crippen LogP contribution in [0.3, 0.4) is 0 Å². The highest BCUT2D eigenvalue weighted by Gasteiger charge is 2.13. The van der Waals surface area contributed by atoms with Gasteiger partial charge in [0.1, 0.15) is 12.4 Å². The Bertz CT molecular complexity index is 504. The number of carbonyl (C=O) groups excluding carboxylic acids is 1. The molecule has 0 saturated carbocycles. The molecule has 0 spiro atoms. The molecule has 1 amide bonds. The molecule has 24 heavy (non-hydrogen) atoms. The van der Waals surface area contributed by atoms with Crippen molar-refractivity contribution in [2.75, 3.05) is 53.0 Å². The van der Waals surface area contributed by atoms with Crippen LogP contribution in [-0.2, 0) is 16.1 Å². The van der Waals surface area contributed by atoms with E-state index in [2.05, 4.69) is 15.5 Å². The second-order valence-electron chi connectivity index (χ2n) is 6.09. The first kappa shape index (κ1) is 18.7. The van der Waals surface area contributed by atoms with Crippen LogP contribution in [0.15, 0.2) is 24.3 Å². The topological polar surface area (TPSA) is 62.8 Å². The summed E-state index contributed by atoms with van der Waals surface area (Å²) in [4.78, 5) is 14.4. The molecule has 2 rings (SSSR count). The minimum atomic E-state index is -0.0515. The number of rotatable bonds is 9. The van der Waals surface area contributed by atoms with E-state index in [9.17, 15) is 4.79 Å². The zero-order chi connectivity index (χ0) is 17.2. The lowest BCUT2D eigenvalue weighted by Crippen LogP contribution is -2.38. The zero-order valence-corrected chi connectivity index (χ0v) is 14.7. The molecule has 1 aliphatic rings. The van der Waals surface area contributed by atoms with Crippen LogP contribution >= 0.6 is 0 Å². The first-order valence-electron chi connectivity index (χ1n) is 8.64. The van der Waals surface area contributed by atoms with Gasteiger partial charge in [-0.15, -0.1) is 0 Å². The van der Waals surface area contributed by atoms with Gasteiger partial charge in [0.05, 0.1) is 13.2 Å². The Morgan fingerprint density at radius 1 is 1.33 bits per heavy atom. The highest BCUT2D eigenvalue weighted by Crippen LogP contribution is 2.18. The molecule has 0 aliphatic carbocycles. The molecular formula is C18H29N3O3. The van der Waals surface area contributed by atoms with E-state index in [-0.39, 0.29) is 11.8 Å². The van der Waals surface area contributed by atoms with Crippen molar-refractivity contribution in [1.29, 1.82) is 0 Å². The maximum Gasteiger partial charge on any atom is 0.224 e. The summed E-state index contributed by atoms with van der Waals surface area (Å²) in [7, 11) is 1.85. The Kier molecular flexibility index (Phi) is 8.01. The zero-order valence-electron chi connectivity index (χ0n) is 14.7. The first-order chi connectivity index (χ1) is 11.7. The normalized spacial score (nSPS) is 16.6. The van der Waals surface area contributed by atoms with Crippen molar-refractivity contribution in [3.63, 3.8) is 0 Å². The van der Waals surface area contributed by atoms with Gasteiger partial charge in [-0.3, -0.25) is 9.69 Å². The predicted octanol–water partition coefficient (Wildman–Crippen LogP) is 0.869. The van der Waals surface area contributed by atoms with Gasteiger partial charge in [-0.1, -0.05) is 25.1 Å². The number of hydrogen-bond acceptors (Lipinski definition) is 5. The fraction of sp³-hybridized carbons (Fsp3) is 0.611. The van der Waals surface area contributed by atoms with E-state index in [0.717, 1.165) is 44.2 Å². The molecule has 2 N–H and O–H groups in total. The highest BCUT2D eigenvalue weighted by atomic mass is 16.5. The molecule has 6 heteroatoms. The molecule has 0 bridgehead atoms. The summed E-state index contributed by atoms with van der Waals surface area (Å²) in [5.74, 6) is 0.837. The van der Waals surface area contributed by atoms with Crippen molar-refractivity contribution >= 4 is 5.91 Å². The van der Waals surface area contributed by atoms with Crippen LogP contribution in [-0.4, -0.2) is 63.9 Å². The molecule has 1 aromatic carbocycles. The third-order valence-electron chi connectivity index (χ3n) is 4.15. The number of carbonyl (C=O) groups is 1. The largest absolute Gasteiger partial charge is 0.492 e. The second kappa shape index (κ2) is 10.3. The molecule has 1 aromatic rings. The summed E-state index contributed by atoms with van der Waals surface area (Å²) >= 11 is 0. The van der Waals surface area contributed by atoms with E-state index in [4.69, 9.17) is 9.47 Å². The van der Waals surface area contributed by atoms with Crippen molar-refractivity contribution < 1.29 is 14.3 Å². The Balaban J connectivity index is 1.79. The second-order valence-corrected chi connectivity index (χ2v) is 6.09. The third kappa shape index (κ3) is 6.11. The van der Waals surface area contributed by atoms with Gasteiger partial charge in [0.15, 0.2) is 0 Å². The number of ether oxygens (including phenoxy) is 2. The molecule has 134 valence electrons. The van der Waals surface area contributed by atoms with Crippen molar-refractivity contribution in [2.45, 2.75) is 13.5 Å². The van der Waals surface area contributed by atoms with Crippen molar-refractivity contribution in [3.8, 4) is 5.75 Å². The third-order valence-corrected chi connectivity index (χ3v) is 4.15. The molecular weight excluding hydrogens is 306 g/mol. The Labute approximate surface area is 144 Å². The van der Waals surface area contributed by atoms with Crippen LogP contribution in [0, 0.1) is 5.92 Å². The molecule has 1 aliphatic heterocycles. The van der Waals surface area contributed by atoms with E-state index in [0.29, 0.717) is 19.7 Å². The highest BCUT2D eigenvalue weighted by molar-refractivity contribution is 5.78. The molecule has 1 fully saturated rings. The van der Waals surface area contributed by atoms with Crippen LogP contribution in [0.2, 0.25) is 0 Å². The first-order valence-corrected chi connectivity index (χ1v) is 8.64. The smallest absolute Gasteiger partial charge is 0.224 e. The summed E-state index contributed by atoms with van der Waals surface area (Å²) < 4.78 is 11.3. The van der Waals surface area contributed by atoms with Gasteiger partial charge in [-0.25, -0.2) is 0 Å². The van der Waals surface area contributed by atoms with Gasteiger partial charge in [-0.05, 0) is 13.1 Å². The predicted molar refractivity (Wildman–Crippen MR) is 94.1 cm³/mol. The summed E-state index contributed by atoms with van der Waals surface area (Å²) in [5, 5.41) is 6.00. The average molecular weight is 335 g/mol. The number of nitrogens with one attached hydrogen (secondary N) is 2. The number of hydrogen-bond donors (Lipinski definition) is 2. The molecule has 1 saturated heterocycles. The fourth-order valence-corrected chi connectivity index (χ4v) is 2.66. The number of nitrogens with zero attached hydrogens (tertiary/aromatic N) is 1. The molecule has 0 aromatic heterocycles. The van der Waals surface area contributed by atoms with Gasteiger partial charge in [-0.2, -0.15) is 0 Å². The number of amides is 1. The number of para-hydroxylation sites is 1. The van der Waals surface area contributed by atoms with E-state index in [1.807, 2.05) is 38.2 Å². The Morgan fingerprint density at radius 2 is 2.08 bits per heavy atom. The molecule has 1 unspecified atom stereocenters. The summed E-state index contributed by atoms with van der Waals surface area (Å²) in [6, 6.07) is 7.87. The van der Waals surface area contributed by atoms with Crippen molar-refractivity contribution in [3.05, 3.63) is 29.8 Å².